The maximum atomic E-state index is 10.8. The number of aryl methyl sites for hydroxylation is 1. The molecule has 0 spiro atoms. The summed E-state index contributed by atoms with van der Waals surface area (Å²) < 4.78 is 5.23. The van der Waals surface area contributed by atoms with Crippen molar-refractivity contribution in [1.29, 1.82) is 0 Å². The zero-order chi connectivity index (χ0) is 12.4. The smallest absolute Gasteiger partial charge is 0.371 e. The van der Waals surface area contributed by atoms with Crippen molar-refractivity contribution in [1.82, 2.24) is 4.90 Å². The third kappa shape index (κ3) is 2.52. The van der Waals surface area contributed by atoms with Gasteiger partial charge in [-0.3, -0.25) is 4.90 Å². The van der Waals surface area contributed by atoms with Crippen molar-refractivity contribution in [3.05, 3.63) is 23.2 Å². The predicted molar refractivity (Wildman–Crippen MR) is 64.1 cm³/mol. The Labute approximate surface area is 101 Å². The summed E-state index contributed by atoms with van der Waals surface area (Å²) in [6, 6.07) is 2.29. The molecule has 0 aromatic carbocycles. The van der Waals surface area contributed by atoms with Crippen molar-refractivity contribution in [2.24, 2.45) is 0 Å². The highest BCUT2D eigenvalue weighted by Gasteiger charge is 2.24. The van der Waals surface area contributed by atoms with Crippen LogP contribution >= 0.6 is 0 Å². The van der Waals surface area contributed by atoms with Crippen LogP contribution in [0.1, 0.15) is 48.1 Å². The Morgan fingerprint density at radius 3 is 3.00 bits per heavy atom. The first kappa shape index (κ1) is 12.2. The number of nitrogens with zero attached hydrogens (tertiary/aromatic N) is 1. The van der Waals surface area contributed by atoms with Crippen LogP contribution in [0.5, 0.6) is 0 Å². The van der Waals surface area contributed by atoms with Gasteiger partial charge in [0.05, 0.1) is 0 Å². The summed E-state index contributed by atoms with van der Waals surface area (Å²) >= 11 is 0. The van der Waals surface area contributed by atoms with Gasteiger partial charge in [0.25, 0.3) is 0 Å². The molecule has 1 aliphatic heterocycles. The van der Waals surface area contributed by atoms with Crippen LogP contribution in [0.15, 0.2) is 10.5 Å². The first-order valence-corrected chi connectivity index (χ1v) is 6.18. The summed E-state index contributed by atoms with van der Waals surface area (Å²) in [4.78, 5) is 13.2. The molecule has 94 valence electrons. The standard InChI is InChI=1S/C13H19NO3/c1-3-11-5-4-6-14(11)8-10-7-12(13(15)16)17-9(10)2/h7,11H,3-6,8H2,1-2H3,(H,15,16). The molecule has 2 heterocycles. The van der Waals surface area contributed by atoms with Gasteiger partial charge in [-0.15, -0.1) is 0 Å². The van der Waals surface area contributed by atoms with Crippen LogP contribution in [-0.4, -0.2) is 28.6 Å². The lowest BCUT2D eigenvalue weighted by Crippen LogP contribution is -2.28. The molecule has 1 atom stereocenters. The van der Waals surface area contributed by atoms with E-state index < -0.39 is 5.97 Å². The number of rotatable bonds is 4. The fourth-order valence-electron chi connectivity index (χ4n) is 2.57. The Balaban J connectivity index is 2.10. The summed E-state index contributed by atoms with van der Waals surface area (Å²) in [6.45, 7) is 5.94. The van der Waals surface area contributed by atoms with Crippen LogP contribution in [0.3, 0.4) is 0 Å². The van der Waals surface area contributed by atoms with Crippen LogP contribution in [0, 0.1) is 6.92 Å². The SMILES string of the molecule is CCC1CCCN1Cc1cc(C(=O)O)oc1C. The predicted octanol–water partition coefficient (Wildman–Crippen LogP) is 2.66. The van der Waals surface area contributed by atoms with E-state index in [1.807, 2.05) is 6.92 Å². The molecule has 1 saturated heterocycles. The molecule has 1 fully saturated rings. The number of likely N-dealkylation sites (tertiary alicyclic amines) is 1. The minimum Gasteiger partial charge on any atom is -0.475 e. The molecule has 0 aliphatic carbocycles. The number of furan rings is 1. The van der Waals surface area contributed by atoms with Crippen LogP contribution in [0.2, 0.25) is 0 Å². The highest BCUT2D eigenvalue weighted by molar-refractivity contribution is 5.84. The zero-order valence-electron chi connectivity index (χ0n) is 10.4. The summed E-state index contributed by atoms with van der Waals surface area (Å²) in [5, 5.41) is 8.87. The van der Waals surface area contributed by atoms with E-state index in [4.69, 9.17) is 9.52 Å². The second-order valence-electron chi connectivity index (χ2n) is 4.67. The lowest BCUT2D eigenvalue weighted by Gasteiger charge is -2.22. The van der Waals surface area contributed by atoms with Gasteiger partial charge in [-0.25, -0.2) is 4.79 Å². The zero-order valence-corrected chi connectivity index (χ0v) is 10.4. The second-order valence-corrected chi connectivity index (χ2v) is 4.67. The molecule has 4 nitrogen and oxygen atoms in total. The number of hydrogen-bond acceptors (Lipinski definition) is 3. The van der Waals surface area contributed by atoms with Crippen LogP contribution < -0.4 is 0 Å². The molecule has 0 bridgehead atoms. The van der Waals surface area contributed by atoms with E-state index >= 15 is 0 Å². The normalized spacial score (nSPS) is 20.9. The van der Waals surface area contributed by atoms with E-state index in [0.29, 0.717) is 6.04 Å². The average molecular weight is 237 g/mol. The van der Waals surface area contributed by atoms with Crippen molar-refractivity contribution < 1.29 is 14.3 Å². The van der Waals surface area contributed by atoms with Gasteiger partial charge >= 0.3 is 5.97 Å². The van der Waals surface area contributed by atoms with Gasteiger partial charge in [0, 0.05) is 18.2 Å². The molecule has 1 unspecified atom stereocenters. The monoisotopic (exact) mass is 237 g/mol. The number of aromatic carboxylic acids is 1. The largest absolute Gasteiger partial charge is 0.475 e. The van der Waals surface area contributed by atoms with Gasteiger partial charge < -0.3 is 9.52 Å². The molecule has 0 saturated carbocycles. The molecule has 2 rings (SSSR count). The first-order valence-electron chi connectivity index (χ1n) is 6.18. The minimum absolute atomic E-state index is 0.0461. The van der Waals surface area contributed by atoms with Crippen LogP contribution in [-0.2, 0) is 6.54 Å². The van der Waals surface area contributed by atoms with E-state index in [9.17, 15) is 4.79 Å². The first-order chi connectivity index (χ1) is 8.11. The van der Waals surface area contributed by atoms with Crippen LogP contribution in [0.25, 0.3) is 0 Å². The topological polar surface area (TPSA) is 53.7 Å². The summed E-state index contributed by atoms with van der Waals surface area (Å²) in [6.07, 6.45) is 3.64. The average Bonchev–Trinajstić information content (AvgIpc) is 2.87. The second kappa shape index (κ2) is 4.92. The highest BCUT2D eigenvalue weighted by Crippen LogP contribution is 2.24. The lowest BCUT2D eigenvalue weighted by molar-refractivity contribution is 0.0661. The Morgan fingerprint density at radius 1 is 1.65 bits per heavy atom. The Bertz CT molecular complexity index is 411. The number of carboxylic acids is 1. The molecular weight excluding hydrogens is 218 g/mol. The molecule has 1 N–H and O–H groups in total. The number of carbonyl (C=O) groups is 1. The number of carboxylic acid groups (broad SMARTS) is 1. The Morgan fingerprint density at radius 2 is 2.41 bits per heavy atom. The summed E-state index contributed by atoms with van der Waals surface area (Å²) in [5.74, 6) is -0.221. The van der Waals surface area contributed by atoms with Crippen molar-refractivity contribution >= 4 is 5.97 Å². The fourth-order valence-corrected chi connectivity index (χ4v) is 2.57. The minimum atomic E-state index is -0.993. The third-order valence-electron chi connectivity index (χ3n) is 3.58. The van der Waals surface area contributed by atoms with Gasteiger partial charge in [-0.05, 0) is 38.8 Å². The molecule has 0 radical (unpaired) electrons. The van der Waals surface area contributed by atoms with E-state index in [2.05, 4.69) is 11.8 Å². The lowest BCUT2D eigenvalue weighted by atomic mass is 10.1. The molecule has 0 amide bonds. The molecule has 4 heteroatoms. The van der Waals surface area contributed by atoms with Crippen molar-refractivity contribution in [2.75, 3.05) is 6.54 Å². The molecule has 1 aliphatic rings. The maximum absolute atomic E-state index is 10.8. The van der Waals surface area contributed by atoms with Gasteiger partial charge in [0.2, 0.25) is 5.76 Å². The third-order valence-corrected chi connectivity index (χ3v) is 3.58. The summed E-state index contributed by atoms with van der Waals surface area (Å²) in [5.41, 5.74) is 1.00. The van der Waals surface area contributed by atoms with E-state index in [1.54, 1.807) is 6.07 Å². The maximum Gasteiger partial charge on any atom is 0.371 e. The van der Waals surface area contributed by atoms with Crippen molar-refractivity contribution in [2.45, 2.75) is 45.7 Å². The molecule has 17 heavy (non-hydrogen) atoms. The van der Waals surface area contributed by atoms with Gasteiger partial charge in [0.1, 0.15) is 5.76 Å². The van der Waals surface area contributed by atoms with E-state index in [-0.39, 0.29) is 5.76 Å². The molecular formula is C13H19NO3. The van der Waals surface area contributed by atoms with E-state index in [1.165, 1.54) is 12.8 Å². The Kier molecular flexibility index (Phi) is 3.52. The molecule has 1 aromatic heterocycles. The Hall–Kier alpha value is -1.29. The quantitative estimate of drug-likeness (QED) is 0.874. The highest BCUT2D eigenvalue weighted by atomic mass is 16.4. The molecule has 1 aromatic rings. The van der Waals surface area contributed by atoms with Gasteiger partial charge in [-0.2, -0.15) is 0 Å². The summed E-state index contributed by atoms with van der Waals surface area (Å²) in [7, 11) is 0. The van der Waals surface area contributed by atoms with Crippen LogP contribution in [0.4, 0.5) is 0 Å². The fraction of sp³-hybridized carbons (Fsp3) is 0.615. The van der Waals surface area contributed by atoms with E-state index in [0.717, 1.165) is 30.8 Å². The number of hydrogen-bond donors (Lipinski definition) is 1. The van der Waals surface area contributed by atoms with Crippen molar-refractivity contribution in [3.8, 4) is 0 Å². The van der Waals surface area contributed by atoms with Crippen molar-refractivity contribution in [3.63, 3.8) is 0 Å². The van der Waals surface area contributed by atoms with Gasteiger partial charge in [0.15, 0.2) is 0 Å². The van der Waals surface area contributed by atoms with Gasteiger partial charge in [-0.1, -0.05) is 6.92 Å².